The molecule has 1 aromatic heterocycles. The lowest BCUT2D eigenvalue weighted by Crippen LogP contribution is -2.34. The van der Waals surface area contributed by atoms with Gasteiger partial charge in [0, 0.05) is 24.3 Å². The third-order valence-corrected chi connectivity index (χ3v) is 4.39. The summed E-state index contributed by atoms with van der Waals surface area (Å²) in [6, 6.07) is 9.70. The first kappa shape index (κ1) is 16.8. The van der Waals surface area contributed by atoms with Crippen LogP contribution in [0.25, 0.3) is 0 Å². The molecule has 3 rings (SSSR count). The molecule has 1 saturated heterocycles. The minimum Gasteiger partial charge on any atom is -0.481 e. The van der Waals surface area contributed by atoms with Gasteiger partial charge in [-0.25, -0.2) is 0 Å². The summed E-state index contributed by atoms with van der Waals surface area (Å²) in [6.07, 6.45) is 1.82. The predicted octanol–water partition coefficient (Wildman–Crippen LogP) is 2.47. The first-order valence-corrected chi connectivity index (χ1v) is 7.87. The molecule has 1 aliphatic rings. The quantitative estimate of drug-likeness (QED) is 0.889. The van der Waals surface area contributed by atoms with Gasteiger partial charge in [-0.3, -0.25) is 14.4 Å². The summed E-state index contributed by atoms with van der Waals surface area (Å²) in [5.74, 6) is -1.39. The molecular formula is C18H18N2O5. The molecule has 1 atom stereocenters. The second kappa shape index (κ2) is 6.43. The summed E-state index contributed by atoms with van der Waals surface area (Å²) in [4.78, 5) is 37.5. The Bertz CT molecular complexity index is 815. The number of hydrogen-bond donors (Lipinski definition) is 2. The van der Waals surface area contributed by atoms with E-state index in [1.54, 1.807) is 43.3 Å². The number of likely N-dealkylation sites (tertiary alicyclic amines) is 1. The van der Waals surface area contributed by atoms with Crippen molar-refractivity contribution in [3.05, 3.63) is 54.0 Å². The van der Waals surface area contributed by atoms with Gasteiger partial charge in [-0.15, -0.1) is 0 Å². The number of amides is 2. The molecule has 1 unspecified atom stereocenters. The Morgan fingerprint density at radius 1 is 1.24 bits per heavy atom. The molecule has 1 aromatic carbocycles. The maximum Gasteiger partial charge on any atom is 0.311 e. The van der Waals surface area contributed by atoms with E-state index < -0.39 is 17.3 Å². The van der Waals surface area contributed by atoms with Crippen LogP contribution in [-0.4, -0.2) is 40.9 Å². The van der Waals surface area contributed by atoms with Crippen LogP contribution in [0.5, 0.6) is 0 Å². The van der Waals surface area contributed by atoms with Crippen molar-refractivity contribution in [3.63, 3.8) is 0 Å². The smallest absolute Gasteiger partial charge is 0.311 e. The highest BCUT2D eigenvalue weighted by molar-refractivity contribution is 6.03. The van der Waals surface area contributed by atoms with Crippen molar-refractivity contribution in [2.24, 2.45) is 5.41 Å². The number of furan rings is 1. The minimum absolute atomic E-state index is 0.171. The molecular weight excluding hydrogens is 324 g/mol. The number of hydrogen-bond acceptors (Lipinski definition) is 4. The predicted molar refractivity (Wildman–Crippen MR) is 89.4 cm³/mol. The first-order valence-electron chi connectivity index (χ1n) is 7.87. The van der Waals surface area contributed by atoms with Crippen molar-refractivity contribution in [1.82, 2.24) is 4.90 Å². The summed E-state index contributed by atoms with van der Waals surface area (Å²) in [5, 5.41) is 11.9. The number of nitrogens with zero attached hydrogens (tertiary/aromatic N) is 1. The molecule has 1 aliphatic heterocycles. The number of carbonyl (C=O) groups is 3. The summed E-state index contributed by atoms with van der Waals surface area (Å²) >= 11 is 0. The Kier molecular flexibility index (Phi) is 4.31. The van der Waals surface area contributed by atoms with Crippen LogP contribution in [0.3, 0.4) is 0 Å². The number of rotatable bonds is 4. The van der Waals surface area contributed by atoms with Gasteiger partial charge in [0.1, 0.15) is 0 Å². The van der Waals surface area contributed by atoms with E-state index in [0.717, 1.165) is 0 Å². The van der Waals surface area contributed by atoms with Gasteiger partial charge in [0.05, 0.1) is 11.7 Å². The zero-order valence-electron chi connectivity index (χ0n) is 13.7. The summed E-state index contributed by atoms with van der Waals surface area (Å²) in [6.45, 7) is 2.21. The van der Waals surface area contributed by atoms with E-state index in [1.807, 2.05) is 0 Å². The highest BCUT2D eigenvalue weighted by Crippen LogP contribution is 2.31. The highest BCUT2D eigenvalue weighted by Gasteiger charge is 2.42. The number of anilines is 1. The van der Waals surface area contributed by atoms with Crippen molar-refractivity contribution in [3.8, 4) is 0 Å². The van der Waals surface area contributed by atoms with Crippen LogP contribution in [0.4, 0.5) is 5.69 Å². The van der Waals surface area contributed by atoms with Crippen LogP contribution >= 0.6 is 0 Å². The second-order valence-electron chi connectivity index (χ2n) is 6.35. The molecule has 130 valence electrons. The van der Waals surface area contributed by atoms with Crippen LogP contribution in [0.15, 0.2) is 47.1 Å². The zero-order valence-corrected chi connectivity index (χ0v) is 13.7. The maximum absolute atomic E-state index is 12.6. The van der Waals surface area contributed by atoms with E-state index in [2.05, 4.69) is 5.32 Å². The number of benzene rings is 1. The number of aliphatic carboxylic acids is 1. The fraction of sp³-hybridized carbons (Fsp3) is 0.278. The van der Waals surface area contributed by atoms with E-state index in [0.29, 0.717) is 24.2 Å². The molecule has 2 heterocycles. The fourth-order valence-electron chi connectivity index (χ4n) is 2.82. The monoisotopic (exact) mass is 342 g/mol. The largest absolute Gasteiger partial charge is 0.481 e. The van der Waals surface area contributed by atoms with Crippen LogP contribution in [0, 0.1) is 5.41 Å². The van der Waals surface area contributed by atoms with E-state index in [1.165, 1.54) is 11.2 Å². The molecule has 2 amide bonds. The van der Waals surface area contributed by atoms with Gasteiger partial charge in [-0.2, -0.15) is 0 Å². The van der Waals surface area contributed by atoms with E-state index >= 15 is 0 Å². The third kappa shape index (κ3) is 3.40. The van der Waals surface area contributed by atoms with E-state index in [4.69, 9.17) is 4.42 Å². The standard InChI is InChI=1S/C18H18N2O5/c1-18(17(23)24)7-8-20(11-18)16(22)12-4-2-5-13(10-12)19-15(21)14-6-3-9-25-14/h2-6,9-10H,7-8,11H2,1H3,(H,19,21)(H,23,24). The van der Waals surface area contributed by atoms with Crippen LogP contribution in [0.1, 0.15) is 34.3 Å². The molecule has 1 fully saturated rings. The molecule has 7 nitrogen and oxygen atoms in total. The van der Waals surface area contributed by atoms with Gasteiger partial charge >= 0.3 is 5.97 Å². The van der Waals surface area contributed by atoms with Crippen LogP contribution in [0.2, 0.25) is 0 Å². The average molecular weight is 342 g/mol. The lowest BCUT2D eigenvalue weighted by molar-refractivity contribution is -0.147. The highest BCUT2D eigenvalue weighted by atomic mass is 16.4. The molecule has 0 radical (unpaired) electrons. The number of carbonyl (C=O) groups excluding carboxylic acids is 2. The van der Waals surface area contributed by atoms with Crippen LogP contribution in [-0.2, 0) is 4.79 Å². The van der Waals surface area contributed by atoms with Crippen LogP contribution < -0.4 is 5.32 Å². The SMILES string of the molecule is CC1(C(=O)O)CCN(C(=O)c2cccc(NC(=O)c3ccco3)c2)C1. The normalized spacial score (nSPS) is 19.6. The van der Waals surface area contributed by atoms with Crippen molar-refractivity contribution < 1.29 is 23.9 Å². The molecule has 0 aliphatic carbocycles. The Balaban J connectivity index is 1.72. The van der Waals surface area contributed by atoms with Gasteiger partial charge in [-0.05, 0) is 43.7 Å². The molecule has 0 saturated carbocycles. The average Bonchev–Trinajstić information content (AvgIpc) is 3.25. The van der Waals surface area contributed by atoms with Gasteiger partial charge < -0.3 is 19.7 Å². The molecule has 25 heavy (non-hydrogen) atoms. The number of carboxylic acid groups (broad SMARTS) is 1. The lowest BCUT2D eigenvalue weighted by Gasteiger charge is -2.20. The molecule has 0 bridgehead atoms. The number of nitrogens with one attached hydrogen (secondary N) is 1. The van der Waals surface area contributed by atoms with Gasteiger partial charge in [0.2, 0.25) is 0 Å². The zero-order chi connectivity index (χ0) is 18.0. The van der Waals surface area contributed by atoms with E-state index in [9.17, 15) is 19.5 Å². The topological polar surface area (TPSA) is 99.9 Å². The lowest BCUT2D eigenvalue weighted by atomic mass is 9.90. The molecule has 2 aromatic rings. The summed E-state index contributed by atoms with van der Waals surface area (Å²) in [5.41, 5.74) is -0.0554. The van der Waals surface area contributed by atoms with Gasteiger partial charge in [0.25, 0.3) is 11.8 Å². The van der Waals surface area contributed by atoms with Gasteiger partial charge in [-0.1, -0.05) is 6.07 Å². The Morgan fingerprint density at radius 2 is 2.04 bits per heavy atom. The van der Waals surface area contributed by atoms with Gasteiger partial charge in [0.15, 0.2) is 5.76 Å². The minimum atomic E-state index is -0.916. The maximum atomic E-state index is 12.6. The Labute approximate surface area is 144 Å². The fourth-order valence-corrected chi connectivity index (χ4v) is 2.82. The summed E-state index contributed by atoms with van der Waals surface area (Å²) < 4.78 is 5.03. The number of carboxylic acids is 1. The Hall–Kier alpha value is -3.09. The van der Waals surface area contributed by atoms with Crippen molar-refractivity contribution in [2.75, 3.05) is 18.4 Å². The molecule has 0 spiro atoms. The molecule has 2 N–H and O–H groups in total. The third-order valence-electron chi connectivity index (χ3n) is 4.39. The second-order valence-corrected chi connectivity index (χ2v) is 6.35. The van der Waals surface area contributed by atoms with E-state index in [-0.39, 0.29) is 18.2 Å². The molecule has 7 heteroatoms. The Morgan fingerprint density at radius 3 is 2.68 bits per heavy atom. The van der Waals surface area contributed by atoms with Crippen molar-refractivity contribution >= 4 is 23.5 Å². The van der Waals surface area contributed by atoms with Crippen molar-refractivity contribution in [1.29, 1.82) is 0 Å². The first-order chi connectivity index (χ1) is 11.9. The van der Waals surface area contributed by atoms with Crippen molar-refractivity contribution in [2.45, 2.75) is 13.3 Å². The summed E-state index contributed by atoms with van der Waals surface area (Å²) in [7, 11) is 0.